The van der Waals surface area contributed by atoms with E-state index >= 15 is 0 Å². The minimum Gasteiger partial charge on any atom is -0.466 e. The maximum Gasteiger partial charge on any atom is 0.305 e. The number of aryl methyl sites for hydroxylation is 1. The Kier molecular flexibility index (Phi) is 6.71. The van der Waals surface area contributed by atoms with Crippen LogP contribution in [-0.2, 0) is 16.0 Å². The van der Waals surface area contributed by atoms with Crippen LogP contribution in [0.25, 0.3) is 0 Å². The standard InChI is InChI=1S/C14H19ClO2/c1-2-17-14(16)11-10-13(15)9-8-12-6-4-3-5-7-12/h3-7,13H,2,8-11H2,1H3. The van der Waals surface area contributed by atoms with Crippen molar-refractivity contribution in [3.63, 3.8) is 0 Å². The fraction of sp³-hybridized carbons (Fsp3) is 0.500. The molecule has 1 unspecified atom stereocenters. The van der Waals surface area contributed by atoms with Crippen molar-refractivity contribution >= 4 is 17.6 Å². The van der Waals surface area contributed by atoms with Crippen LogP contribution in [0.3, 0.4) is 0 Å². The van der Waals surface area contributed by atoms with Gasteiger partial charge in [0.25, 0.3) is 0 Å². The lowest BCUT2D eigenvalue weighted by molar-refractivity contribution is -0.143. The minimum absolute atomic E-state index is 0.0413. The van der Waals surface area contributed by atoms with Gasteiger partial charge in [0, 0.05) is 11.8 Å². The van der Waals surface area contributed by atoms with E-state index in [4.69, 9.17) is 16.3 Å². The van der Waals surface area contributed by atoms with Crippen molar-refractivity contribution in [2.45, 2.75) is 38.0 Å². The van der Waals surface area contributed by atoms with Gasteiger partial charge < -0.3 is 4.74 Å². The fourth-order valence-electron chi connectivity index (χ4n) is 1.62. The molecule has 2 nitrogen and oxygen atoms in total. The third-order valence-electron chi connectivity index (χ3n) is 2.56. The number of carbonyl (C=O) groups excluding carboxylic acids is 1. The summed E-state index contributed by atoms with van der Waals surface area (Å²) in [6.07, 6.45) is 2.95. The lowest BCUT2D eigenvalue weighted by Crippen LogP contribution is -2.08. The summed E-state index contributed by atoms with van der Waals surface area (Å²) >= 11 is 6.17. The van der Waals surface area contributed by atoms with Crippen molar-refractivity contribution in [1.82, 2.24) is 0 Å². The molecule has 0 amide bonds. The molecular formula is C14H19ClO2. The number of hydrogen-bond donors (Lipinski definition) is 0. The van der Waals surface area contributed by atoms with Crippen LogP contribution in [0.2, 0.25) is 0 Å². The summed E-state index contributed by atoms with van der Waals surface area (Å²) in [4.78, 5) is 11.1. The van der Waals surface area contributed by atoms with Gasteiger partial charge in [-0.15, -0.1) is 11.6 Å². The van der Waals surface area contributed by atoms with Gasteiger partial charge in [-0.25, -0.2) is 0 Å². The van der Waals surface area contributed by atoms with Gasteiger partial charge in [-0.05, 0) is 31.7 Å². The van der Waals surface area contributed by atoms with Gasteiger partial charge >= 0.3 is 5.97 Å². The monoisotopic (exact) mass is 254 g/mol. The Hall–Kier alpha value is -1.02. The molecule has 1 rings (SSSR count). The smallest absolute Gasteiger partial charge is 0.305 e. The Morgan fingerprint density at radius 3 is 2.65 bits per heavy atom. The van der Waals surface area contributed by atoms with Crippen LogP contribution in [0.4, 0.5) is 0 Å². The summed E-state index contributed by atoms with van der Waals surface area (Å²) in [6, 6.07) is 10.2. The van der Waals surface area contributed by atoms with Crippen molar-refractivity contribution in [2.24, 2.45) is 0 Å². The van der Waals surface area contributed by atoms with Gasteiger partial charge in [0.2, 0.25) is 0 Å². The minimum atomic E-state index is -0.155. The molecular weight excluding hydrogens is 236 g/mol. The van der Waals surface area contributed by atoms with E-state index in [1.165, 1.54) is 5.56 Å². The SMILES string of the molecule is CCOC(=O)CCC(Cl)CCc1ccccc1. The molecule has 0 N–H and O–H groups in total. The van der Waals surface area contributed by atoms with E-state index in [1.807, 2.05) is 25.1 Å². The zero-order valence-corrected chi connectivity index (χ0v) is 11.0. The molecule has 0 fully saturated rings. The van der Waals surface area contributed by atoms with Gasteiger partial charge in [-0.3, -0.25) is 4.79 Å². The summed E-state index contributed by atoms with van der Waals surface area (Å²) in [5.41, 5.74) is 1.29. The van der Waals surface area contributed by atoms with E-state index in [0.29, 0.717) is 19.4 Å². The predicted octanol–water partition coefficient (Wildman–Crippen LogP) is 3.57. The average molecular weight is 255 g/mol. The van der Waals surface area contributed by atoms with Crippen molar-refractivity contribution in [3.05, 3.63) is 35.9 Å². The van der Waals surface area contributed by atoms with E-state index in [0.717, 1.165) is 12.8 Å². The van der Waals surface area contributed by atoms with Crippen molar-refractivity contribution < 1.29 is 9.53 Å². The Labute approximate surface area is 108 Å². The molecule has 0 bridgehead atoms. The molecule has 94 valence electrons. The molecule has 0 aliphatic rings. The molecule has 0 aliphatic heterocycles. The van der Waals surface area contributed by atoms with Crippen LogP contribution < -0.4 is 0 Å². The van der Waals surface area contributed by atoms with Crippen LogP contribution in [0.1, 0.15) is 31.7 Å². The lowest BCUT2D eigenvalue weighted by Gasteiger charge is -2.08. The Bertz CT molecular complexity index is 324. The van der Waals surface area contributed by atoms with Gasteiger partial charge in [0.1, 0.15) is 0 Å². The summed E-state index contributed by atoms with van der Waals surface area (Å²) in [5, 5.41) is 0.0413. The zero-order chi connectivity index (χ0) is 12.5. The zero-order valence-electron chi connectivity index (χ0n) is 10.2. The van der Waals surface area contributed by atoms with Crippen LogP contribution in [0.5, 0.6) is 0 Å². The number of benzene rings is 1. The Balaban J connectivity index is 2.17. The second-order valence-electron chi connectivity index (χ2n) is 3.97. The summed E-state index contributed by atoms with van der Waals surface area (Å²) in [6.45, 7) is 2.25. The fourth-order valence-corrected chi connectivity index (χ4v) is 1.84. The van der Waals surface area contributed by atoms with E-state index in [2.05, 4.69) is 12.1 Å². The second-order valence-corrected chi connectivity index (χ2v) is 4.58. The predicted molar refractivity (Wildman–Crippen MR) is 70.3 cm³/mol. The van der Waals surface area contributed by atoms with Gasteiger partial charge in [-0.2, -0.15) is 0 Å². The molecule has 1 aromatic carbocycles. The molecule has 17 heavy (non-hydrogen) atoms. The summed E-state index contributed by atoms with van der Waals surface area (Å²) < 4.78 is 4.86. The van der Waals surface area contributed by atoms with E-state index in [-0.39, 0.29) is 11.3 Å². The van der Waals surface area contributed by atoms with Crippen molar-refractivity contribution in [1.29, 1.82) is 0 Å². The highest BCUT2D eigenvalue weighted by Gasteiger charge is 2.09. The van der Waals surface area contributed by atoms with E-state index in [9.17, 15) is 4.79 Å². The first kappa shape index (κ1) is 14.0. The van der Waals surface area contributed by atoms with Crippen molar-refractivity contribution in [2.75, 3.05) is 6.61 Å². The van der Waals surface area contributed by atoms with Gasteiger partial charge in [0.05, 0.1) is 6.61 Å². The molecule has 1 aromatic rings. The largest absolute Gasteiger partial charge is 0.466 e. The quantitative estimate of drug-likeness (QED) is 0.549. The molecule has 3 heteroatoms. The number of esters is 1. The number of ether oxygens (including phenoxy) is 1. The molecule has 0 spiro atoms. The number of carbonyl (C=O) groups is 1. The van der Waals surface area contributed by atoms with Gasteiger partial charge in [-0.1, -0.05) is 30.3 Å². The number of hydrogen-bond acceptors (Lipinski definition) is 2. The number of halogens is 1. The van der Waals surface area contributed by atoms with Crippen molar-refractivity contribution in [3.8, 4) is 0 Å². The highest BCUT2D eigenvalue weighted by Crippen LogP contribution is 2.14. The van der Waals surface area contributed by atoms with E-state index in [1.54, 1.807) is 0 Å². The highest BCUT2D eigenvalue weighted by molar-refractivity contribution is 6.20. The van der Waals surface area contributed by atoms with Crippen LogP contribution >= 0.6 is 11.6 Å². The first-order chi connectivity index (χ1) is 8.22. The summed E-state index contributed by atoms with van der Waals surface area (Å²) in [7, 11) is 0. The Morgan fingerprint density at radius 1 is 1.29 bits per heavy atom. The normalized spacial score (nSPS) is 12.1. The molecule has 0 radical (unpaired) electrons. The van der Waals surface area contributed by atoms with Gasteiger partial charge in [0.15, 0.2) is 0 Å². The molecule has 0 heterocycles. The third kappa shape index (κ3) is 6.32. The number of rotatable bonds is 7. The molecule has 0 aliphatic carbocycles. The van der Waals surface area contributed by atoms with Crippen LogP contribution in [0.15, 0.2) is 30.3 Å². The van der Waals surface area contributed by atoms with E-state index < -0.39 is 0 Å². The first-order valence-corrected chi connectivity index (χ1v) is 6.49. The Morgan fingerprint density at radius 2 is 2.00 bits per heavy atom. The maximum absolute atomic E-state index is 11.1. The maximum atomic E-state index is 11.1. The third-order valence-corrected chi connectivity index (χ3v) is 2.99. The first-order valence-electron chi connectivity index (χ1n) is 6.06. The second kappa shape index (κ2) is 8.13. The highest BCUT2D eigenvalue weighted by atomic mass is 35.5. The lowest BCUT2D eigenvalue weighted by atomic mass is 10.1. The average Bonchev–Trinajstić information content (AvgIpc) is 2.35. The van der Waals surface area contributed by atoms with Crippen LogP contribution in [0, 0.1) is 0 Å². The molecule has 0 saturated heterocycles. The summed E-state index contributed by atoms with van der Waals surface area (Å²) in [5.74, 6) is -0.155. The number of alkyl halides is 1. The van der Waals surface area contributed by atoms with Crippen LogP contribution in [-0.4, -0.2) is 18.0 Å². The topological polar surface area (TPSA) is 26.3 Å². The molecule has 0 saturated carbocycles. The molecule has 1 atom stereocenters. The molecule has 0 aromatic heterocycles.